The number of hydrogen-bond donors (Lipinski definition) is 0. The third kappa shape index (κ3) is 4.20. The Hall–Kier alpha value is -7.20. The topological polar surface area (TPSA) is 16.4 Å². The van der Waals surface area contributed by atoms with Crippen LogP contribution in [0.25, 0.3) is 44.2 Å². The zero-order valence-corrected chi connectivity index (χ0v) is 36.8. The largest absolute Gasteiger partial charge is 0.456 e. The molecule has 1 aliphatic carbocycles. The van der Waals surface area contributed by atoms with Crippen LogP contribution in [-0.2, 0) is 10.8 Å². The monoisotopic (exact) mass is 821 g/mol. The second-order valence-electron chi connectivity index (χ2n) is 18.9. The van der Waals surface area contributed by atoms with Gasteiger partial charge in [-0.15, -0.1) is 0 Å². The van der Waals surface area contributed by atoms with E-state index in [1.54, 1.807) is 0 Å². The first kappa shape index (κ1) is 35.4. The molecule has 0 bridgehead atoms. The first-order chi connectivity index (χ1) is 30.8. The third-order valence-electron chi connectivity index (χ3n) is 15.4. The SMILES string of the molecule is Cc1ccc2c(c1)[Si]1(c3cc(C)ccc3-2)c2cc(N3c4ccccc4C4(c5ccccc53)c3ccccc3C(C)(C)c3ccccc34)ccc2-c2cc3oc4ccccc4c3cc21. The van der Waals surface area contributed by atoms with Gasteiger partial charge in [0.1, 0.15) is 11.2 Å². The van der Waals surface area contributed by atoms with Crippen LogP contribution in [0.3, 0.4) is 0 Å². The molecule has 0 N–H and O–H groups in total. The fraction of sp³-hybridized carbons (Fsp3) is 0.100. The number of hydrogen-bond acceptors (Lipinski definition) is 2. The van der Waals surface area contributed by atoms with Gasteiger partial charge in [-0.25, -0.2) is 0 Å². The van der Waals surface area contributed by atoms with E-state index in [1.807, 2.05) is 0 Å². The van der Waals surface area contributed by atoms with Crippen LogP contribution < -0.4 is 25.6 Å². The van der Waals surface area contributed by atoms with Gasteiger partial charge in [-0.3, -0.25) is 0 Å². The van der Waals surface area contributed by atoms with Gasteiger partial charge in [0.25, 0.3) is 0 Å². The number of rotatable bonds is 1. The van der Waals surface area contributed by atoms with Crippen molar-refractivity contribution < 1.29 is 4.42 Å². The molecule has 0 saturated carbocycles. The fourth-order valence-corrected chi connectivity index (χ4v) is 18.7. The van der Waals surface area contributed by atoms with E-state index in [-0.39, 0.29) is 5.41 Å². The van der Waals surface area contributed by atoms with Gasteiger partial charge in [0.15, 0.2) is 8.07 Å². The zero-order chi connectivity index (χ0) is 42.0. The maximum Gasteiger partial charge on any atom is 0.182 e. The van der Waals surface area contributed by atoms with Crippen LogP contribution in [0, 0.1) is 13.8 Å². The summed E-state index contributed by atoms with van der Waals surface area (Å²) < 4.78 is 6.64. The zero-order valence-electron chi connectivity index (χ0n) is 35.8. The molecule has 3 heteroatoms. The average Bonchev–Trinajstić information content (AvgIpc) is 3.92. The van der Waals surface area contributed by atoms with Crippen LogP contribution in [0.2, 0.25) is 0 Å². The molecular weight excluding hydrogens is 779 g/mol. The predicted octanol–water partition coefficient (Wildman–Crippen LogP) is 12.3. The minimum atomic E-state index is -2.89. The van der Waals surface area contributed by atoms with E-state index in [0.717, 1.165) is 11.2 Å². The molecule has 0 radical (unpaired) electrons. The Morgan fingerprint density at radius 3 is 1.49 bits per heavy atom. The van der Waals surface area contributed by atoms with Crippen molar-refractivity contribution in [2.75, 3.05) is 4.90 Å². The molecule has 10 aromatic rings. The highest BCUT2D eigenvalue weighted by molar-refractivity contribution is 7.24. The normalized spacial score (nSPS) is 16.0. The molecule has 14 rings (SSSR count). The van der Waals surface area contributed by atoms with Crippen molar-refractivity contribution >= 4 is 67.8 Å². The van der Waals surface area contributed by atoms with Crippen molar-refractivity contribution in [2.24, 2.45) is 0 Å². The first-order valence-electron chi connectivity index (χ1n) is 22.3. The van der Waals surface area contributed by atoms with E-state index in [2.05, 4.69) is 221 Å². The number of anilines is 3. The smallest absolute Gasteiger partial charge is 0.182 e. The molecule has 9 aromatic carbocycles. The molecule has 63 heavy (non-hydrogen) atoms. The number of fused-ring (bicyclic) bond motifs is 21. The van der Waals surface area contributed by atoms with Crippen LogP contribution in [0.4, 0.5) is 17.1 Å². The summed E-state index contributed by atoms with van der Waals surface area (Å²) in [5.41, 5.74) is 20.9. The Labute approximate surface area is 368 Å². The predicted molar refractivity (Wildman–Crippen MR) is 263 cm³/mol. The van der Waals surface area contributed by atoms with Crippen LogP contribution >= 0.6 is 0 Å². The standard InChI is InChI=1S/C60H43NOSi/c1-36-25-28-40-41-29-26-37(2)32-56(41)63(55(40)31-36)57-33-38(27-30-42(57)44-34-54-43(35-58(44)63)39-15-5-14-24-53(39)62-54)61-51-22-12-10-20-49(51)60(50-21-11-13-23-52(50)61)47-18-8-6-16-45(47)59(3,4)46-17-7-9-19-48(46)60/h5-35H,1-4H3. The summed E-state index contributed by atoms with van der Waals surface area (Å²) in [7, 11) is -2.89. The minimum absolute atomic E-state index is 0.161. The summed E-state index contributed by atoms with van der Waals surface area (Å²) in [6, 6.07) is 72.2. The van der Waals surface area contributed by atoms with E-state index < -0.39 is 13.5 Å². The van der Waals surface area contributed by atoms with Gasteiger partial charge in [0.05, 0.1) is 16.8 Å². The quantitative estimate of drug-likeness (QED) is 0.153. The molecule has 0 unspecified atom stereocenters. The number of aryl methyl sites for hydroxylation is 2. The summed E-state index contributed by atoms with van der Waals surface area (Å²) >= 11 is 0. The van der Waals surface area contributed by atoms with Crippen molar-refractivity contribution in [1.29, 1.82) is 0 Å². The first-order valence-corrected chi connectivity index (χ1v) is 24.3. The Morgan fingerprint density at radius 1 is 0.397 bits per heavy atom. The Bertz CT molecular complexity index is 3510. The van der Waals surface area contributed by atoms with E-state index in [0.29, 0.717) is 0 Å². The highest BCUT2D eigenvalue weighted by Gasteiger charge is 2.56. The van der Waals surface area contributed by atoms with E-state index in [1.165, 1.54) is 115 Å². The number of benzene rings is 9. The lowest BCUT2D eigenvalue weighted by molar-refractivity contribution is 0.556. The number of furan rings is 1. The molecule has 4 heterocycles. The summed E-state index contributed by atoms with van der Waals surface area (Å²) in [6.45, 7) is 9.32. The van der Waals surface area contributed by atoms with E-state index in [4.69, 9.17) is 4.42 Å². The van der Waals surface area contributed by atoms with E-state index in [9.17, 15) is 0 Å². The second kappa shape index (κ2) is 12.0. The van der Waals surface area contributed by atoms with Crippen molar-refractivity contribution in [3.05, 3.63) is 233 Å². The second-order valence-corrected chi connectivity index (χ2v) is 22.6. The molecule has 0 saturated heterocycles. The minimum Gasteiger partial charge on any atom is -0.456 e. The summed E-state index contributed by atoms with van der Waals surface area (Å²) in [5, 5.41) is 8.26. The molecule has 1 aromatic heterocycles. The average molecular weight is 822 g/mol. The molecule has 298 valence electrons. The molecule has 3 aliphatic heterocycles. The van der Waals surface area contributed by atoms with Gasteiger partial charge in [-0.2, -0.15) is 0 Å². The van der Waals surface area contributed by atoms with Gasteiger partial charge in [-0.1, -0.05) is 171 Å². The maximum atomic E-state index is 6.64. The Morgan fingerprint density at radius 2 is 0.873 bits per heavy atom. The Kier molecular flexibility index (Phi) is 6.76. The van der Waals surface area contributed by atoms with Crippen LogP contribution in [0.5, 0.6) is 0 Å². The molecule has 2 spiro atoms. The molecular formula is C60H43NOSi. The third-order valence-corrected chi connectivity index (χ3v) is 20.3. The molecule has 4 aliphatic rings. The van der Waals surface area contributed by atoms with Crippen molar-refractivity contribution in [3.8, 4) is 22.3 Å². The highest BCUT2D eigenvalue weighted by Crippen LogP contribution is 2.62. The van der Waals surface area contributed by atoms with Gasteiger partial charge in [0.2, 0.25) is 0 Å². The van der Waals surface area contributed by atoms with E-state index >= 15 is 0 Å². The van der Waals surface area contributed by atoms with Gasteiger partial charge >= 0.3 is 0 Å². The summed E-state index contributed by atoms with van der Waals surface area (Å²) in [6.07, 6.45) is 0. The van der Waals surface area contributed by atoms with Gasteiger partial charge < -0.3 is 9.32 Å². The van der Waals surface area contributed by atoms with Crippen LogP contribution in [0.15, 0.2) is 192 Å². The van der Waals surface area contributed by atoms with Crippen LogP contribution in [0.1, 0.15) is 58.4 Å². The lowest BCUT2D eigenvalue weighted by Crippen LogP contribution is -2.70. The summed E-state index contributed by atoms with van der Waals surface area (Å²) in [4.78, 5) is 2.58. The highest BCUT2D eigenvalue weighted by atomic mass is 28.3. The van der Waals surface area contributed by atoms with Crippen molar-refractivity contribution in [1.82, 2.24) is 0 Å². The molecule has 0 atom stereocenters. The molecule has 0 fully saturated rings. The maximum absolute atomic E-state index is 6.64. The van der Waals surface area contributed by atoms with Crippen molar-refractivity contribution in [3.63, 3.8) is 0 Å². The Balaban J connectivity index is 1.08. The number of para-hydroxylation sites is 3. The van der Waals surface area contributed by atoms with Crippen LogP contribution in [-0.4, -0.2) is 8.07 Å². The fourth-order valence-electron chi connectivity index (χ4n) is 12.9. The molecule has 2 nitrogen and oxygen atoms in total. The summed E-state index contributed by atoms with van der Waals surface area (Å²) in [5.74, 6) is 0. The van der Waals surface area contributed by atoms with Gasteiger partial charge in [-0.05, 0) is 133 Å². The van der Waals surface area contributed by atoms with Crippen molar-refractivity contribution in [2.45, 2.75) is 38.5 Å². The van der Waals surface area contributed by atoms with Gasteiger partial charge in [0, 0.05) is 21.9 Å². The molecule has 0 amide bonds. The number of nitrogens with zero attached hydrogens (tertiary/aromatic N) is 1. The lowest BCUT2D eigenvalue weighted by atomic mass is 9.53. The lowest BCUT2D eigenvalue weighted by Gasteiger charge is -2.52.